The first kappa shape index (κ1) is 15.8. The van der Waals surface area contributed by atoms with E-state index in [2.05, 4.69) is 32.5 Å². The number of aromatic nitrogens is 2. The van der Waals surface area contributed by atoms with Crippen LogP contribution in [0.25, 0.3) is 11.4 Å². The third-order valence-corrected chi connectivity index (χ3v) is 5.08. The van der Waals surface area contributed by atoms with Crippen molar-refractivity contribution in [3.05, 3.63) is 52.5 Å². The zero-order valence-corrected chi connectivity index (χ0v) is 14.5. The number of hydrogen-bond donors (Lipinski definition) is 1. The van der Waals surface area contributed by atoms with Crippen LogP contribution in [0.5, 0.6) is 0 Å². The Morgan fingerprint density at radius 2 is 2.00 bits per heavy atom. The number of carbonyl (C=O) groups excluding carboxylic acids is 1. The number of amides is 1. The molecular weight excluding hydrogens is 336 g/mol. The first-order valence-corrected chi connectivity index (χ1v) is 9.17. The van der Waals surface area contributed by atoms with Crippen molar-refractivity contribution in [1.82, 2.24) is 15.5 Å². The molecule has 0 bridgehead atoms. The molecular formula is C18H18N4O2S. The van der Waals surface area contributed by atoms with E-state index in [1.807, 2.05) is 23.6 Å². The standard InChI is InChI=1S/C18H18N4O2S/c23-18(15-4-3-11-25-15)19-12-16-20-17(21-24-16)13-5-7-14(8-6-13)22-9-1-2-10-22/h3-8,11H,1-2,9-10,12H2,(H,19,23). The van der Waals surface area contributed by atoms with E-state index in [-0.39, 0.29) is 12.5 Å². The lowest BCUT2D eigenvalue weighted by molar-refractivity contribution is 0.0950. The van der Waals surface area contributed by atoms with Gasteiger partial charge >= 0.3 is 0 Å². The first-order chi connectivity index (χ1) is 12.3. The minimum Gasteiger partial charge on any atom is -0.372 e. The predicted octanol–water partition coefficient (Wildman–Crippen LogP) is 3.33. The molecule has 3 aromatic rings. The molecule has 4 rings (SSSR count). The van der Waals surface area contributed by atoms with Gasteiger partial charge in [0.25, 0.3) is 5.91 Å². The molecule has 6 nitrogen and oxygen atoms in total. The number of nitrogens with one attached hydrogen (secondary N) is 1. The summed E-state index contributed by atoms with van der Waals surface area (Å²) < 4.78 is 5.23. The van der Waals surface area contributed by atoms with Gasteiger partial charge < -0.3 is 14.7 Å². The van der Waals surface area contributed by atoms with Gasteiger partial charge in [0.15, 0.2) is 0 Å². The van der Waals surface area contributed by atoms with Crippen molar-refractivity contribution < 1.29 is 9.32 Å². The molecule has 0 aliphatic carbocycles. The van der Waals surface area contributed by atoms with E-state index in [1.165, 1.54) is 29.9 Å². The van der Waals surface area contributed by atoms with Crippen LogP contribution in [-0.2, 0) is 6.54 Å². The van der Waals surface area contributed by atoms with Gasteiger partial charge in [-0.05, 0) is 48.6 Å². The normalized spacial score (nSPS) is 14.0. The zero-order chi connectivity index (χ0) is 17.1. The summed E-state index contributed by atoms with van der Waals surface area (Å²) in [6.07, 6.45) is 2.51. The number of hydrogen-bond acceptors (Lipinski definition) is 6. The summed E-state index contributed by atoms with van der Waals surface area (Å²) in [6.45, 7) is 2.46. The lowest BCUT2D eigenvalue weighted by atomic mass is 10.2. The average Bonchev–Trinajstić information content (AvgIpc) is 3.42. The van der Waals surface area contributed by atoms with Gasteiger partial charge in [0.05, 0.1) is 11.4 Å². The minimum absolute atomic E-state index is 0.135. The van der Waals surface area contributed by atoms with Crippen LogP contribution in [0.2, 0.25) is 0 Å². The Morgan fingerprint density at radius 1 is 1.20 bits per heavy atom. The molecule has 0 radical (unpaired) electrons. The van der Waals surface area contributed by atoms with E-state index < -0.39 is 0 Å². The summed E-state index contributed by atoms with van der Waals surface area (Å²) in [6, 6.07) is 11.8. The van der Waals surface area contributed by atoms with Crippen molar-refractivity contribution in [1.29, 1.82) is 0 Å². The molecule has 1 saturated heterocycles. The SMILES string of the molecule is O=C(NCc1nc(-c2ccc(N3CCCC3)cc2)no1)c1cccs1. The highest BCUT2D eigenvalue weighted by molar-refractivity contribution is 7.12. The number of thiophene rings is 1. The molecule has 1 aliphatic heterocycles. The lowest BCUT2D eigenvalue weighted by Gasteiger charge is -2.17. The third-order valence-electron chi connectivity index (χ3n) is 4.21. The van der Waals surface area contributed by atoms with Crippen molar-refractivity contribution in [2.75, 3.05) is 18.0 Å². The Bertz CT molecular complexity index is 836. The van der Waals surface area contributed by atoms with Gasteiger partial charge in [0.2, 0.25) is 11.7 Å². The molecule has 1 fully saturated rings. The number of carbonyl (C=O) groups is 1. The van der Waals surface area contributed by atoms with Crippen molar-refractivity contribution in [2.24, 2.45) is 0 Å². The molecule has 1 amide bonds. The number of rotatable bonds is 5. The quantitative estimate of drug-likeness (QED) is 0.761. The van der Waals surface area contributed by atoms with Gasteiger partial charge in [0, 0.05) is 24.3 Å². The van der Waals surface area contributed by atoms with Gasteiger partial charge in [0.1, 0.15) is 0 Å². The smallest absolute Gasteiger partial charge is 0.261 e. The van der Waals surface area contributed by atoms with Gasteiger partial charge in [-0.25, -0.2) is 0 Å². The largest absolute Gasteiger partial charge is 0.372 e. The molecule has 2 aromatic heterocycles. The zero-order valence-electron chi connectivity index (χ0n) is 13.6. The molecule has 0 saturated carbocycles. The molecule has 1 aromatic carbocycles. The van der Waals surface area contributed by atoms with Gasteiger partial charge in [-0.15, -0.1) is 11.3 Å². The molecule has 1 aliphatic rings. The van der Waals surface area contributed by atoms with Crippen molar-refractivity contribution in [3.63, 3.8) is 0 Å². The maximum atomic E-state index is 11.9. The van der Waals surface area contributed by atoms with Crippen LogP contribution in [0.15, 0.2) is 46.3 Å². The molecule has 128 valence electrons. The fourth-order valence-electron chi connectivity index (χ4n) is 2.89. The van der Waals surface area contributed by atoms with Crippen LogP contribution in [-0.4, -0.2) is 29.1 Å². The Kier molecular flexibility index (Phi) is 4.47. The minimum atomic E-state index is -0.135. The Morgan fingerprint density at radius 3 is 2.72 bits per heavy atom. The second-order valence-corrected chi connectivity index (χ2v) is 6.86. The molecule has 0 unspecified atom stereocenters. The highest BCUT2D eigenvalue weighted by Gasteiger charge is 2.14. The van der Waals surface area contributed by atoms with Gasteiger partial charge in [-0.1, -0.05) is 11.2 Å². The molecule has 0 atom stereocenters. The lowest BCUT2D eigenvalue weighted by Crippen LogP contribution is -2.21. The van der Waals surface area contributed by atoms with Crippen LogP contribution in [0.1, 0.15) is 28.4 Å². The number of nitrogens with zero attached hydrogens (tertiary/aromatic N) is 3. The van der Waals surface area contributed by atoms with Crippen LogP contribution in [0.4, 0.5) is 5.69 Å². The summed E-state index contributed by atoms with van der Waals surface area (Å²) in [5, 5.41) is 8.65. The third kappa shape index (κ3) is 3.56. The van der Waals surface area contributed by atoms with E-state index in [0.717, 1.165) is 18.7 Å². The maximum Gasteiger partial charge on any atom is 0.261 e. The first-order valence-electron chi connectivity index (χ1n) is 8.29. The van der Waals surface area contributed by atoms with E-state index >= 15 is 0 Å². The summed E-state index contributed by atoms with van der Waals surface area (Å²) in [7, 11) is 0. The van der Waals surface area contributed by atoms with Crippen LogP contribution in [0, 0.1) is 0 Å². The fourth-order valence-corrected chi connectivity index (χ4v) is 3.53. The molecule has 0 spiro atoms. The number of benzene rings is 1. The van der Waals surface area contributed by atoms with Crippen molar-refractivity contribution in [2.45, 2.75) is 19.4 Å². The predicted molar refractivity (Wildman–Crippen MR) is 96.7 cm³/mol. The van der Waals surface area contributed by atoms with Crippen molar-refractivity contribution in [3.8, 4) is 11.4 Å². The Labute approximate surface area is 149 Å². The second-order valence-electron chi connectivity index (χ2n) is 5.91. The average molecular weight is 354 g/mol. The Hall–Kier alpha value is -2.67. The second kappa shape index (κ2) is 7.06. The molecule has 7 heteroatoms. The summed E-state index contributed by atoms with van der Waals surface area (Å²) >= 11 is 1.40. The molecule has 25 heavy (non-hydrogen) atoms. The molecule has 1 N–H and O–H groups in total. The van der Waals surface area contributed by atoms with Crippen molar-refractivity contribution >= 4 is 22.9 Å². The van der Waals surface area contributed by atoms with E-state index in [1.54, 1.807) is 6.07 Å². The summed E-state index contributed by atoms with van der Waals surface area (Å²) in [4.78, 5) is 19.3. The van der Waals surface area contributed by atoms with Crippen LogP contribution in [0.3, 0.4) is 0 Å². The van der Waals surface area contributed by atoms with Gasteiger partial charge in [-0.2, -0.15) is 4.98 Å². The summed E-state index contributed by atoms with van der Waals surface area (Å²) in [5.74, 6) is 0.793. The highest BCUT2D eigenvalue weighted by atomic mass is 32.1. The van der Waals surface area contributed by atoms with E-state index in [4.69, 9.17) is 4.52 Å². The highest BCUT2D eigenvalue weighted by Crippen LogP contribution is 2.24. The van der Waals surface area contributed by atoms with E-state index in [9.17, 15) is 4.79 Å². The topological polar surface area (TPSA) is 71.3 Å². The van der Waals surface area contributed by atoms with Crippen LogP contribution >= 0.6 is 11.3 Å². The van der Waals surface area contributed by atoms with Gasteiger partial charge in [-0.3, -0.25) is 4.79 Å². The number of anilines is 1. The molecule has 3 heterocycles. The Balaban J connectivity index is 1.39. The fraction of sp³-hybridized carbons (Fsp3) is 0.278. The van der Waals surface area contributed by atoms with E-state index in [0.29, 0.717) is 16.6 Å². The summed E-state index contributed by atoms with van der Waals surface area (Å²) in [5.41, 5.74) is 2.13. The van der Waals surface area contributed by atoms with Crippen LogP contribution < -0.4 is 10.2 Å². The maximum absolute atomic E-state index is 11.9. The monoisotopic (exact) mass is 354 g/mol.